The number of halogens is 5. The molecule has 3 aliphatic rings. The predicted octanol–water partition coefficient (Wildman–Crippen LogP) is 6.50. The van der Waals surface area contributed by atoms with E-state index in [0.717, 1.165) is 42.9 Å². The van der Waals surface area contributed by atoms with Gasteiger partial charge in [-0.15, -0.1) is 0 Å². The molecule has 0 spiro atoms. The van der Waals surface area contributed by atoms with E-state index < -0.39 is 23.6 Å². The van der Waals surface area contributed by atoms with Crippen LogP contribution in [0.2, 0.25) is 5.02 Å². The molecule has 9 nitrogen and oxygen atoms in total. The van der Waals surface area contributed by atoms with E-state index in [0.29, 0.717) is 48.5 Å². The van der Waals surface area contributed by atoms with Gasteiger partial charge in [0, 0.05) is 42.4 Å². The van der Waals surface area contributed by atoms with E-state index in [-0.39, 0.29) is 17.3 Å². The Bertz CT molecular complexity index is 1720. The molecule has 2 fully saturated rings. The average Bonchev–Trinajstić information content (AvgIpc) is 3.78. The summed E-state index contributed by atoms with van der Waals surface area (Å²) < 4.78 is 72.1. The van der Waals surface area contributed by atoms with Crippen molar-refractivity contribution in [2.75, 3.05) is 37.9 Å². The van der Waals surface area contributed by atoms with E-state index >= 15 is 0 Å². The molecule has 0 aliphatic carbocycles. The van der Waals surface area contributed by atoms with E-state index in [4.69, 9.17) is 25.8 Å². The highest BCUT2D eigenvalue weighted by Gasteiger charge is 2.43. The summed E-state index contributed by atoms with van der Waals surface area (Å²) in [6.07, 6.45) is -1.41. The van der Waals surface area contributed by atoms with Crippen molar-refractivity contribution in [1.29, 1.82) is 0 Å². The first-order valence-corrected chi connectivity index (χ1v) is 15.0. The standard InChI is InChI=1S/C31H29ClF4N6O3/c1-30(22-6-5-20(32)14-23(22)33)44-26-4-2-3-21(27(26)45-30)18-7-9-41(10-8-18)16-24-25(42-11-12-43-17-42)13-19(15-37-24)28-38-29(40-39-28)31(34,35)36/h2-6,13-15,18H,7-12,16-17H2,1H3,(H,38,39,40)/t30-/m0/s1. The van der Waals surface area contributed by atoms with Gasteiger partial charge in [-0.1, -0.05) is 23.7 Å². The number of hydrogen-bond acceptors (Lipinski definition) is 8. The first kappa shape index (κ1) is 29.8. The normalized spacial score (nSPS) is 20.7. The van der Waals surface area contributed by atoms with Gasteiger partial charge in [0.2, 0.25) is 5.82 Å². The molecule has 3 aliphatic heterocycles. The van der Waals surface area contributed by atoms with Crippen LogP contribution in [-0.4, -0.2) is 58.0 Å². The number of pyridine rings is 1. The number of anilines is 1. The number of likely N-dealkylation sites (tertiary alicyclic amines) is 1. The summed E-state index contributed by atoms with van der Waals surface area (Å²) in [5.41, 5.74) is 3.26. The first-order valence-electron chi connectivity index (χ1n) is 14.6. The summed E-state index contributed by atoms with van der Waals surface area (Å²) in [4.78, 5) is 12.6. The number of nitrogens with one attached hydrogen (secondary N) is 1. The largest absolute Gasteiger partial charge is 0.451 e. The SMILES string of the molecule is C[C@]1(c2ccc(Cl)cc2F)Oc2cccc(C3CCN(Cc4ncc(-c5n[nH]c(C(F)(F)F)n5)cc4N4CCOC4)CC3)c2O1. The van der Waals surface area contributed by atoms with Crippen LogP contribution in [0.5, 0.6) is 11.5 Å². The molecule has 2 saturated heterocycles. The molecule has 2 aromatic heterocycles. The minimum atomic E-state index is -4.62. The maximum Gasteiger partial charge on any atom is 0.451 e. The quantitative estimate of drug-likeness (QED) is 0.238. The van der Waals surface area contributed by atoms with Gasteiger partial charge in [-0.3, -0.25) is 15.0 Å². The van der Waals surface area contributed by atoms with Crippen molar-refractivity contribution in [3.63, 3.8) is 0 Å². The van der Waals surface area contributed by atoms with Gasteiger partial charge in [-0.2, -0.15) is 18.3 Å². The van der Waals surface area contributed by atoms with Crippen LogP contribution in [0.25, 0.3) is 11.4 Å². The Morgan fingerprint density at radius 1 is 1.09 bits per heavy atom. The molecule has 5 heterocycles. The zero-order valence-electron chi connectivity index (χ0n) is 24.2. The third-order valence-electron chi connectivity index (χ3n) is 8.48. The second-order valence-electron chi connectivity index (χ2n) is 11.5. The number of alkyl halides is 3. The highest BCUT2D eigenvalue weighted by Crippen LogP contribution is 2.50. The molecule has 236 valence electrons. The van der Waals surface area contributed by atoms with E-state index in [2.05, 4.69) is 20.0 Å². The van der Waals surface area contributed by atoms with Crippen LogP contribution in [-0.2, 0) is 23.2 Å². The number of aromatic amines is 1. The van der Waals surface area contributed by atoms with Crippen LogP contribution in [0.3, 0.4) is 0 Å². The van der Waals surface area contributed by atoms with Gasteiger partial charge in [0.1, 0.15) is 12.5 Å². The maximum atomic E-state index is 14.8. The van der Waals surface area contributed by atoms with Gasteiger partial charge in [0.15, 0.2) is 17.3 Å². The van der Waals surface area contributed by atoms with Crippen molar-refractivity contribution in [2.45, 2.75) is 44.2 Å². The van der Waals surface area contributed by atoms with Crippen molar-refractivity contribution < 1.29 is 31.8 Å². The topological polar surface area (TPSA) is 88.6 Å². The lowest BCUT2D eigenvalue weighted by atomic mass is 9.88. The zero-order valence-corrected chi connectivity index (χ0v) is 25.0. The number of piperidine rings is 1. The fourth-order valence-corrected chi connectivity index (χ4v) is 6.33. The molecule has 0 saturated carbocycles. The molecule has 0 bridgehead atoms. The Hall–Kier alpha value is -3.94. The smallest absolute Gasteiger partial charge is 0.444 e. The molecule has 0 radical (unpaired) electrons. The highest BCUT2D eigenvalue weighted by molar-refractivity contribution is 6.30. The molecule has 1 atom stereocenters. The number of ether oxygens (including phenoxy) is 3. The number of fused-ring (bicyclic) bond motifs is 1. The monoisotopic (exact) mass is 644 g/mol. The minimum absolute atomic E-state index is 0.0694. The van der Waals surface area contributed by atoms with Crippen molar-refractivity contribution in [3.8, 4) is 22.9 Å². The lowest BCUT2D eigenvalue weighted by Crippen LogP contribution is -2.34. The summed E-state index contributed by atoms with van der Waals surface area (Å²) in [5, 5.41) is 6.02. The minimum Gasteiger partial charge on any atom is -0.444 e. The van der Waals surface area contributed by atoms with Gasteiger partial charge in [0.05, 0.1) is 23.6 Å². The lowest BCUT2D eigenvalue weighted by molar-refractivity contribution is -0.144. The third-order valence-corrected chi connectivity index (χ3v) is 8.72. The molecule has 0 unspecified atom stereocenters. The summed E-state index contributed by atoms with van der Waals surface area (Å²) >= 11 is 5.96. The van der Waals surface area contributed by atoms with Crippen molar-refractivity contribution in [1.82, 2.24) is 25.1 Å². The van der Waals surface area contributed by atoms with Crippen LogP contribution >= 0.6 is 11.6 Å². The van der Waals surface area contributed by atoms with Crippen LogP contribution < -0.4 is 14.4 Å². The molecule has 4 aromatic rings. The molecule has 7 rings (SSSR count). The number of nitrogens with zero attached hydrogens (tertiary/aromatic N) is 5. The van der Waals surface area contributed by atoms with E-state index in [1.54, 1.807) is 25.1 Å². The molecule has 0 amide bonds. The Kier molecular flexibility index (Phi) is 7.57. The second-order valence-corrected chi connectivity index (χ2v) is 11.9. The maximum absolute atomic E-state index is 14.8. The number of benzene rings is 2. The predicted molar refractivity (Wildman–Crippen MR) is 156 cm³/mol. The van der Waals surface area contributed by atoms with E-state index in [1.807, 2.05) is 28.2 Å². The first-order chi connectivity index (χ1) is 21.6. The Labute approximate surface area is 261 Å². The molecule has 1 N–H and O–H groups in total. The molecule has 2 aromatic carbocycles. The van der Waals surface area contributed by atoms with Gasteiger partial charge in [0.25, 0.3) is 5.79 Å². The van der Waals surface area contributed by atoms with Crippen molar-refractivity contribution in [2.24, 2.45) is 0 Å². The number of para-hydroxylation sites is 1. The fourth-order valence-electron chi connectivity index (χ4n) is 6.17. The van der Waals surface area contributed by atoms with Crippen LogP contribution in [0.1, 0.15) is 48.3 Å². The van der Waals surface area contributed by atoms with Gasteiger partial charge in [-0.25, -0.2) is 9.37 Å². The van der Waals surface area contributed by atoms with Crippen molar-refractivity contribution in [3.05, 3.63) is 82.1 Å². The van der Waals surface area contributed by atoms with Crippen molar-refractivity contribution >= 4 is 17.3 Å². The van der Waals surface area contributed by atoms with Gasteiger partial charge >= 0.3 is 6.18 Å². The number of aromatic nitrogens is 4. The highest BCUT2D eigenvalue weighted by atomic mass is 35.5. The van der Waals surface area contributed by atoms with E-state index in [1.165, 1.54) is 12.3 Å². The average molecular weight is 645 g/mol. The second kappa shape index (κ2) is 11.5. The molecule has 45 heavy (non-hydrogen) atoms. The van der Waals surface area contributed by atoms with Crippen LogP contribution in [0, 0.1) is 5.82 Å². The zero-order chi connectivity index (χ0) is 31.3. The summed E-state index contributed by atoms with van der Waals surface area (Å²) in [6, 6.07) is 12.0. The lowest BCUT2D eigenvalue weighted by Gasteiger charge is -2.33. The molecule has 14 heteroatoms. The van der Waals surface area contributed by atoms with Crippen LogP contribution in [0.15, 0.2) is 48.7 Å². The van der Waals surface area contributed by atoms with Gasteiger partial charge in [-0.05, 0) is 62.2 Å². The fraction of sp³-hybridized carbons (Fsp3) is 0.387. The van der Waals surface area contributed by atoms with E-state index in [9.17, 15) is 17.6 Å². The summed E-state index contributed by atoms with van der Waals surface area (Å²) in [7, 11) is 0. The molecular weight excluding hydrogens is 616 g/mol. The summed E-state index contributed by atoms with van der Waals surface area (Å²) in [5.74, 6) is -1.64. The van der Waals surface area contributed by atoms with Gasteiger partial charge < -0.3 is 19.1 Å². The number of H-pyrrole nitrogens is 1. The van der Waals surface area contributed by atoms with Crippen LogP contribution in [0.4, 0.5) is 23.2 Å². The Morgan fingerprint density at radius 3 is 2.62 bits per heavy atom. The summed E-state index contributed by atoms with van der Waals surface area (Å²) in [6.45, 7) is 5.38. The Balaban J connectivity index is 1.06. The number of hydrogen-bond donors (Lipinski definition) is 1. The Morgan fingerprint density at radius 2 is 1.91 bits per heavy atom. The molecular formula is C31H29ClF4N6O3. The third kappa shape index (κ3) is 5.80. The number of rotatable bonds is 6.